The summed E-state index contributed by atoms with van der Waals surface area (Å²) in [6.07, 6.45) is 46.4. The topological polar surface area (TPSA) is 308 Å². The van der Waals surface area contributed by atoms with Gasteiger partial charge < -0.3 is 75.4 Å². The molecule has 0 unspecified atom stereocenters. The van der Waals surface area contributed by atoms with Crippen LogP contribution in [0.25, 0.3) is 91.1 Å². The summed E-state index contributed by atoms with van der Waals surface area (Å²) < 4.78 is 0. The van der Waals surface area contributed by atoms with Gasteiger partial charge in [0.2, 0.25) is 0 Å². The number of fused-ring (bicyclic) bond motifs is 12. The molecule has 16 N–H and O–H groups in total. The zero-order valence-corrected chi connectivity index (χ0v) is 37.2. The molecule has 0 aromatic heterocycles. The normalized spacial score (nSPS) is 13.5. The molecule has 8 aliphatic rings. The first-order valence-electron chi connectivity index (χ1n) is 18.1. The fourth-order valence-electron chi connectivity index (χ4n) is 6.72. The van der Waals surface area contributed by atoms with Crippen LogP contribution in [-0.4, -0.2) is 11.0 Å². The number of benzene rings is 4. The van der Waals surface area contributed by atoms with Crippen molar-refractivity contribution in [2.45, 2.75) is 0 Å². The predicted molar refractivity (Wildman–Crippen MR) is 262 cm³/mol. The molecule has 16 heteroatoms. The van der Waals surface area contributed by atoms with Crippen LogP contribution in [0.4, 0.5) is 45.5 Å². The average molecular weight is 1180 g/mol. The molecule has 2 radical (unpaired) electrons. The minimum absolute atomic E-state index is 0. The van der Waals surface area contributed by atoms with Gasteiger partial charge in [0.15, 0.2) is 0 Å². The maximum atomic E-state index is 4.35. The smallest absolute Gasteiger partial charge is 0 e. The molecule has 0 aliphatic carbocycles. The van der Waals surface area contributed by atoms with Crippen LogP contribution in [-0.2, 0) is 21.9 Å². The van der Waals surface area contributed by atoms with E-state index < -0.39 is 0 Å². The molecule has 8 aliphatic heterocycles. The third kappa shape index (κ3) is 12.3. The third-order valence-electron chi connectivity index (χ3n) is 9.38. The molecule has 0 saturated heterocycles. The fraction of sp³-hybridized carbons (Fsp3) is 0. The van der Waals surface area contributed by atoms with Crippen molar-refractivity contribution in [3.8, 4) is 0 Å². The summed E-state index contributed by atoms with van der Waals surface area (Å²) in [7, 11) is 0. The Bertz CT molecular complexity index is 2450. The molecule has 0 fully saturated rings. The van der Waals surface area contributed by atoms with E-state index in [9.17, 15) is 0 Å². The molecule has 8 heterocycles. The summed E-state index contributed by atoms with van der Waals surface area (Å²) in [6, 6.07) is 16.6. The van der Waals surface area contributed by atoms with Gasteiger partial charge in [-0.3, -0.25) is 0 Å². The van der Waals surface area contributed by atoms with E-state index in [-0.39, 0.29) is 107 Å². The summed E-state index contributed by atoms with van der Waals surface area (Å²) in [5.74, 6) is 0. The van der Waals surface area contributed by atoms with Crippen LogP contribution in [0, 0.1) is 73.7 Å². The first-order valence-corrected chi connectivity index (χ1v) is 18.1. The minimum Gasteiger partial charge on any atom is -0.665 e. The molecule has 0 atom stereocenters. The van der Waals surface area contributed by atoms with Crippen LogP contribution < -0.4 is 41.7 Å². The summed E-state index contributed by atoms with van der Waals surface area (Å²) >= 11 is 0. The van der Waals surface area contributed by atoms with Crippen molar-refractivity contribution >= 4 is 94.1 Å². The van der Waals surface area contributed by atoms with Gasteiger partial charge >= 0.3 is 0 Å². The molecule has 14 nitrogen and oxygen atoms in total. The molecule has 0 bridgehead atoms. The minimum atomic E-state index is 0. The average Bonchev–Trinajstić information content (AvgIpc) is 3.29. The van der Waals surface area contributed by atoms with Gasteiger partial charge in [-0.25, -0.2) is 0 Å². The first-order chi connectivity index (χ1) is 27.8. The molecule has 0 saturated carbocycles. The maximum absolute atomic E-state index is 4.35. The number of hydrogen-bond donors (Lipinski definition) is 0. The molecule has 0 amide bonds. The summed E-state index contributed by atoms with van der Waals surface area (Å²) in [6.45, 7) is 0. The Kier molecular flexibility index (Phi) is 23.7. The van der Waals surface area contributed by atoms with E-state index >= 15 is 0 Å². The Morgan fingerprint density at radius 3 is 0.422 bits per heavy atom. The van der Waals surface area contributed by atoms with E-state index in [2.05, 4.69) is 140 Å². The van der Waals surface area contributed by atoms with Crippen molar-refractivity contribution < 1.29 is 107 Å². The second kappa shape index (κ2) is 26.9. The van der Waals surface area contributed by atoms with Crippen molar-refractivity contribution in [2.75, 3.05) is 0 Å². The van der Waals surface area contributed by atoms with Gasteiger partial charge in [0.25, 0.3) is 0 Å². The summed E-state index contributed by atoms with van der Waals surface area (Å²) in [4.78, 5) is 0. The molecular weight excluding hydrogens is 1130 g/mol. The van der Waals surface area contributed by atoms with Crippen LogP contribution in [0.1, 0.15) is 0 Å². The Morgan fingerprint density at radius 2 is 0.312 bits per heavy atom. The van der Waals surface area contributed by atoms with Crippen LogP contribution in [0.2, 0.25) is 0 Å². The molecule has 350 valence electrons. The van der Waals surface area contributed by atoms with Crippen molar-refractivity contribution in [3.63, 3.8) is 0 Å². The number of nitrogens with zero attached hydrogens (tertiary/aromatic N) is 8. The van der Waals surface area contributed by atoms with Crippen molar-refractivity contribution in [3.05, 3.63) is 231 Å². The Morgan fingerprint density at radius 1 is 0.203 bits per heavy atom. The van der Waals surface area contributed by atoms with Gasteiger partial charge in [0, 0.05) is 73.7 Å². The first kappa shape index (κ1) is 56.4. The molecular formula is C48H48Lu2N8O6-4. The van der Waals surface area contributed by atoms with Gasteiger partial charge in [0.05, 0.1) is 0 Å². The van der Waals surface area contributed by atoms with Gasteiger partial charge in [-0.05, 0) is 41.7 Å². The van der Waals surface area contributed by atoms with E-state index in [0.717, 1.165) is 87.2 Å². The quantitative estimate of drug-likeness (QED) is 0.226. The number of hydrogen-bond acceptors (Lipinski definition) is 0. The fourth-order valence-corrected chi connectivity index (χ4v) is 6.72. The SMILES string of the molecule is C1=C[N-]c2c3c(ccc2=C1)=CC=C[N-]3.C1=C[N-]c2c3c(ccc2=C1)=CC=C[N-]3.C1=C[N-]c2c3c(ccc2=C1)=CC=C[N-]3.C1=C[N-]c2c3c(ccc2=C1)=CC=C[N-]3.O.O.[Lu].[Lu].[OH3+].[OH3+].[OH3+].[OH3+]. The van der Waals surface area contributed by atoms with Crippen LogP contribution in [0.3, 0.4) is 0 Å². The van der Waals surface area contributed by atoms with Crippen LogP contribution in [0.5, 0.6) is 0 Å². The molecule has 12 rings (SSSR count). The summed E-state index contributed by atoms with van der Waals surface area (Å²) in [5, 5.41) is 43.9. The van der Waals surface area contributed by atoms with Crippen molar-refractivity contribution in [2.24, 2.45) is 0 Å². The zero-order valence-electron chi connectivity index (χ0n) is 33.9. The van der Waals surface area contributed by atoms with E-state index in [1.807, 2.05) is 48.6 Å². The zero-order chi connectivity index (χ0) is 37.5. The van der Waals surface area contributed by atoms with E-state index in [0.29, 0.717) is 0 Å². The maximum Gasteiger partial charge on any atom is 0 e. The number of rotatable bonds is 0. The molecule has 4 aromatic carbocycles. The van der Waals surface area contributed by atoms with Crippen molar-refractivity contribution in [1.82, 2.24) is 0 Å². The van der Waals surface area contributed by atoms with Crippen LogP contribution >= 0.6 is 0 Å². The van der Waals surface area contributed by atoms with E-state index in [1.165, 1.54) is 0 Å². The predicted octanol–water partition coefficient (Wildman–Crippen LogP) is 3.91. The second-order valence-electron chi connectivity index (χ2n) is 12.9. The Balaban J connectivity index is 0.000000410. The number of allylic oxidation sites excluding steroid dienone is 8. The Labute approximate surface area is 427 Å². The van der Waals surface area contributed by atoms with Gasteiger partial charge in [-0.15, -0.1) is 45.5 Å². The molecule has 0 spiro atoms. The summed E-state index contributed by atoms with van der Waals surface area (Å²) in [5.41, 5.74) is 7.82. The van der Waals surface area contributed by atoms with E-state index in [1.54, 1.807) is 49.6 Å². The third-order valence-corrected chi connectivity index (χ3v) is 9.38. The Hall–Kier alpha value is -5.61. The second-order valence-corrected chi connectivity index (χ2v) is 12.9. The standard InChI is InChI=1S/4C12H8N2.2Lu.6H2O/c4*1-3-9-5-6-10-4-2-8-14-12(10)11(9)13-7-1;;;;;;;;/h4*1-8H;;;6*1H2/q4*-2;;;;;;;;/p+4. The van der Waals surface area contributed by atoms with Gasteiger partial charge in [-0.1, -0.05) is 146 Å². The van der Waals surface area contributed by atoms with Crippen LogP contribution in [0.15, 0.2) is 147 Å². The van der Waals surface area contributed by atoms with E-state index in [4.69, 9.17) is 0 Å². The monoisotopic (exact) mass is 1180 g/mol. The molecule has 64 heavy (non-hydrogen) atoms. The van der Waals surface area contributed by atoms with Crippen molar-refractivity contribution in [1.29, 1.82) is 0 Å². The largest absolute Gasteiger partial charge is 0.665 e. The van der Waals surface area contributed by atoms with Gasteiger partial charge in [0.1, 0.15) is 0 Å². The van der Waals surface area contributed by atoms with Gasteiger partial charge in [-0.2, -0.15) is 49.6 Å². The molecule has 4 aromatic rings.